The molecule has 0 aliphatic heterocycles. The summed E-state index contributed by atoms with van der Waals surface area (Å²) in [7, 11) is 1.47. The number of methoxy groups -OCH3 is 1. The maximum absolute atomic E-state index is 12.3. The Morgan fingerprint density at radius 3 is 2.79 bits per heavy atom. The summed E-state index contributed by atoms with van der Waals surface area (Å²) in [5.74, 6) is 0.690. The lowest BCUT2D eigenvalue weighted by Gasteiger charge is -2.07. The van der Waals surface area contributed by atoms with Crippen LogP contribution in [0.5, 0.6) is 5.75 Å². The fourth-order valence-electron chi connectivity index (χ4n) is 2.46. The topological polar surface area (TPSA) is 107 Å². The zero-order chi connectivity index (χ0) is 21.0. The van der Waals surface area contributed by atoms with Crippen molar-refractivity contribution >= 4 is 45.3 Å². The molecule has 0 unspecified atom stereocenters. The molecule has 1 amide bonds. The summed E-state index contributed by atoms with van der Waals surface area (Å²) in [5.41, 5.74) is 2.98. The molecule has 1 heterocycles. The number of ether oxygens (including phenoxy) is 1. The van der Waals surface area contributed by atoms with E-state index in [0.29, 0.717) is 28.4 Å². The zero-order valence-corrected chi connectivity index (χ0v) is 17.2. The first-order chi connectivity index (χ1) is 13.9. The van der Waals surface area contributed by atoms with Crippen molar-refractivity contribution in [3.05, 3.63) is 79.5 Å². The van der Waals surface area contributed by atoms with Crippen LogP contribution in [0.15, 0.2) is 62.5 Å². The van der Waals surface area contributed by atoms with Gasteiger partial charge in [0.2, 0.25) is 0 Å². The molecule has 0 bridgehead atoms. The normalized spacial score (nSPS) is 10.9. The van der Waals surface area contributed by atoms with Crippen LogP contribution in [0.3, 0.4) is 0 Å². The molecule has 0 spiro atoms. The maximum Gasteiger partial charge on any atom is 0.288 e. The number of halogens is 2. The third kappa shape index (κ3) is 4.82. The first-order valence-electron chi connectivity index (χ1n) is 8.10. The number of hydrogen-bond donors (Lipinski definition) is 1. The van der Waals surface area contributed by atoms with E-state index in [1.165, 1.54) is 25.5 Å². The smallest absolute Gasteiger partial charge is 0.288 e. The van der Waals surface area contributed by atoms with E-state index in [1.54, 1.807) is 36.4 Å². The standard InChI is InChI=1S/C19H13BrClN3O5/c1-28-18-6-3-12(20)9-14(18)19(25)23-22-10-13-4-7-17(29-13)11-2-5-15(21)16(8-11)24(26)27/h2-10H,1H3,(H,23,25)/b22-10-. The van der Waals surface area contributed by atoms with Crippen LogP contribution in [0.1, 0.15) is 16.1 Å². The van der Waals surface area contributed by atoms with Crippen molar-refractivity contribution in [1.29, 1.82) is 0 Å². The van der Waals surface area contributed by atoms with Gasteiger partial charge in [-0.15, -0.1) is 0 Å². The summed E-state index contributed by atoms with van der Waals surface area (Å²) in [5, 5.41) is 14.9. The fourth-order valence-corrected chi connectivity index (χ4v) is 3.00. The monoisotopic (exact) mass is 477 g/mol. The molecule has 148 valence electrons. The molecule has 2 aromatic carbocycles. The van der Waals surface area contributed by atoms with Gasteiger partial charge in [-0.2, -0.15) is 5.10 Å². The fraction of sp³-hybridized carbons (Fsp3) is 0.0526. The molecular weight excluding hydrogens is 466 g/mol. The highest BCUT2D eigenvalue weighted by Gasteiger charge is 2.15. The van der Waals surface area contributed by atoms with Gasteiger partial charge in [-0.3, -0.25) is 14.9 Å². The van der Waals surface area contributed by atoms with E-state index in [0.717, 1.165) is 4.47 Å². The molecule has 10 heteroatoms. The number of amides is 1. The van der Waals surface area contributed by atoms with Gasteiger partial charge in [-0.1, -0.05) is 27.5 Å². The molecule has 0 aliphatic rings. The Morgan fingerprint density at radius 1 is 1.28 bits per heavy atom. The van der Waals surface area contributed by atoms with Gasteiger partial charge in [-0.05, 0) is 42.5 Å². The lowest BCUT2D eigenvalue weighted by molar-refractivity contribution is -0.384. The number of nitrogens with zero attached hydrogens (tertiary/aromatic N) is 2. The van der Waals surface area contributed by atoms with E-state index < -0.39 is 10.8 Å². The Bertz CT molecular complexity index is 1110. The second kappa shape index (κ2) is 8.89. The van der Waals surface area contributed by atoms with Gasteiger partial charge in [0, 0.05) is 16.1 Å². The van der Waals surface area contributed by atoms with Crippen LogP contribution in [0.4, 0.5) is 5.69 Å². The molecule has 8 nitrogen and oxygen atoms in total. The lowest BCUT2D eigenvalue weighted by atomic mass is 10.1. The van der Waals surface area contributed by atoms with Crippen molar-refractivity contribution in [2.24, 2.45) is 5.10 Å². The Labute approximate surface area is 178 Å². The molecule has 0 fully saturated rings. The molecule has 3 rings (SSSR count). The van der Waals surface area contributed by atoms with Crippen LogP contribution >= 0.6 is 27.5 Å². The number of furan rings is 1. The molecule has 0 aliphatic carbocycles. The van der Waals surface area contributed by atoms with Crippen molar-refractivity contribution in [3.8, 4) is 17.1 Å². The van der Waals surface area contributed by atoms with Crippen molar-refractivity contribution in [3.63, 3.8) is 0 Å². The average molecular weight is 479 g/mol. The Balaban J connectivity index is 1.73. The average Bonchev–Trinajstić information content (AvgIpc) is 3.17. The number of hydrogen-bond acceptors (Lipinski definition) is 6. The van der Waals surface area contributed by atoms with E-state index in [-0.39, 0.29) is 10.7 Å². The maximum atomic E-state index is 12.3. The van der Waals surface area contributed by atoms with Gasteiger partial charge in [0.15, 0.2) is 0 Å². The third-order valence-corrected chi connectivity index (χ3v) is 4.63. The van der Waals surface area contributed by atoms with Gasteiger partial charge in [0.1, 0.15) is 22.3 Å². The SMILES string of the molecule is COc1ccc(Br)cc1C(=O)N/N=C\c1ccc(-c2ccc(Cl)c([N+](=O)[O-])c2)o1. The van der Waals surface area contributed by atoms with Crippen LogP contribution < -0.4 is 10.2 Å². The van der Waals surface area contributed by atoms with Crippen molar-refractivity contribution in [2.75, 3.05) is 7.11 Å². The molecule has 3 aromatic rings. The summed E-state index contributed by atoms with van der Waals surface area (Å²) in [6.45, 7) is 0. The number of nitrogens with one attached hydrogen (secondary N) is 1. The van der Waals surface area contributed by atoms with Crippen molar-refractivity contribution in [2.45, 2.75) is 0 Å². The summed E-state index contributed by atoms with van der Waals surface area (Å²) in [6, 6.07) is 12.6. The molecule has 1 N–H and O–H groups in total. The molecule has 29 heavy (non-hydrogen) atoms. The van der Waals surface area contributed by atoms with Gasteiger partial charge in [0.05, 0.1) is 23.8 Å². The van der Waals surface area contributed by atoms with Gasteiger partial charge in [-0.25, -0.2) is 5.43 Å². The van der Waals surface area contributed by atoms with Gasteiger partial charge in [0.25, 0.3) is 11.6 Å². The van der Waals surface area contributed by atoms with E-state index >= 15 is 0 Å². The Kier molecular flexibility index (Phi) is 6.30. The minimum Gasteiger partial charge on any atom is -0.496 e. The number of carbonyl (C=O) groups excluding carboxylic acids is 1. The Morgan fingerprint density at radius 2 is 2.07 bits per heavy atom. The second-order valence-corrected chi connectivity index (χ2v) is 6.99. The number of benzene rings is 2. The van der Waals surface area contributed by atoms with Gasteiger partial charge < -0.3 is 9.15 Å². The first-order valence-corrected chi connectivity index (χ1v) is 9.27. The first kappa shape index (κ1) is 20.6. The molecule has 0 saturated heterocycles. The number of nitro benzene ring substituents is 1. The lowest BCUT2D eigenvalue weighted by Crippen LogP contribution is -2.18. The number of carbonyl (C=O) groups is 1. The highest BCUT2D eigenvalue weighted by molar-refractivity contribution is 9.10. The van der Waals surface area contributed by atoms with Crippen LogP contribution in [0, 0.1) is 10.1 Å². The highest BCUT2D eigenvalue weighted by atomic mass is 79.9. The second-order valence-electron chi connectivity index (χ2n) is 5.67. The highest BCUT2D eigenvalue weighted by Crippen LogP contribution is 2.31. The van der Waals surface area contributed by atoms with Crippen LogP contribution in [0.2, 0.25) is 5.02 Å². The number of nitro groups is 1. The van der Waals surface area contributed by atoms with Gasteiger partial charge >= 0.3 is 0 Å². The molecule has 0 atom stereocenters. The molecule has 0 saturated carbocycles. The van der Waals surface area contributed by atoms with E-state index in [4.69, 9.17) is 20.8 Å². The summed E-state index contributed by atoms with van der Waals surface area (Å²) < 4.78 is 11.5. The van der Waals surface area contributed by atoms with Crippen molar-refractivity contribution < 1.29 is 18.9 Å². The Hall–Kier alpha value is -3.17. The summed E-state index contributed by atoms with van der Waals surface area (Å²) >= 11 is 9.12. The molecular formula is C19H13BrClN3O5. The van der Waals surface area contributed by atoms with Crippen molar-refractivity contribution in [1.82, 2.24) is 5.43 Å². The summed E-state index contributed by atoms with van der Waals surface area (Å²) in [4.78, 5) is 22.7. The minimum atomic E-state index is -0.567. The third-order valence-electron chi connectivity index (χ3n) is 3.82. The molecule has 1 aromatic heterocycles. The van der Waals surface area contributed by atoms with Crippen LogP contribution in [-0.2, 0) is 0 Å². The summed E-state index contributed by atoms with van der Waals surface area (Å²) in [6.07, 6.45) is 1.32. The largest absolute Gasteiger partial charge is 0.496 e. The minimum absolute atomic E-state index is 0.0396. The van der Waals surface area contributed by atoms with E-state index in [9.17, 15) is 14.9 Å². The quantitative estimate of drug-likeness (QED) is 0.303. The number of hydrazone groups is 1. The van der Waals surface area contributed by atoms with Crippen LogP contribution in [-0.4, -0.2) is 24.2 Å². The van der Waals surface area contributed by atoms with E-state index in [2.05, 4.69) is 26.5 Å². The number of rotatable bonds is 6. The molecule has 0 radical (unpaired) electrons. The van der Waals surface area contributed by atoms with E-state index in [1.807, 2.05) is 0 Å². The van der Waals surface area contributed by atoms with Crippen LogP contribution in [0.25, 0.3) is 11.3 Å². The predicted octanol–water partition coefficient (Wildman–Crippen LogP) is 5.04. The predicted molar refractivity (Wildman–Crippen MR) is 112 cm³/mol. The zero-order valence-electron chi connectivity index (χ0n) is 14.9.